The Morgan fingerprint density at radius 1 is 1.47 bits per heavy atom. The third kappa shape index (κ3) is 2.59. The van der Waals surface area contributed by atoms with Gasteiger partial charge in [-0.25, -0.2) is 4.39 Å². The van der Waals surface area contributed by atoms with E-state index in [0.29, 0.717) is 17.3 Å². The largest absolute Gasteiger partial charge is 0.495 e. The Bertz CT molecular complexity index is 583. The zero-order chi connectivity index (χ0) is 14.0. The maximum atomic E-state index is 13.8. The van der Waals surface area contributed by atoms with Gasteiger partial charge in [0.1, 0.15) is 17.9 Å². The van der Waals surface area contributed by atoms with Crippen molar-refractivity contribution in [3.8, 4) is 5.75 Å². The molecule has 0 spiro atoms. The summed E-state index contributed by atoms with van der Waals surface area (Å²) < 4.78 is 20.7. The van der Waals surface area contributed by atoms with Crippen LogP contribution < -0.4 is 15.8 Å². The van der Waals surface area contributed by atoms with Gasteiger partial charge in [0.15, 0.2) is 5.82 Å². The van der Waals surface area contributed by atoms with Gasteiger partial charge in [-0.2, -0.15) is 0 Å². The van der Waals surface area contributed by atoms with Gasteiger partial charge >= 0.3 is 0 Å². The highest BCUT2D eigenvalue weighted by Gasteiger charge is 2.15. The first-order valence-electron chi connectivity index (χ1n) is 5.76. The molecule has 0 aliphatic rings. The Hall–Kier alpha value is -2.31. The Morgan fingerprint density at radius 2 is 2.21 bits per heavy atom. The normalized spacial score (nSPS) is 12.2. The molecule has 0 fully saturated rings. The number of ether oxygens (including phenoxy) is 1. The number of rotatable bonds is 4. The number of benzene rings is 1. The number of anilines is 2. The summed E-state index contributed by atoms with van der Waals surface area (Å²) in [5.74, 6) is 0.691. The minimum atomic E-state index is -0.438. The highest BCUT2D eigenvalue weighted by Crippen LogP contribution is 2.30. The number of nitrogens with two attached hydrogens (primary N) is 1. The van der Waals surface area contributed by atoms with Gasteiger partial charge in [-0.15, -0.1) is 10.2 Å². The number of hydrogen-bond acceptors (Lipinski definition) is 5. The van der Waals surface area contributed by atoms with Gasteiger partial charge in [0.05, 0.1) is 24.5 Å². The molecule has 2 rings (SSSR count). The molecule has 2 aromatic rings. The third-order valence-corrected chi connectivity index (χ3v) is 2.83. The summed E-state index contributed by atoms with van der Waals surface area (Å²) in [7, 11) is 3.31. The van der Waals surface area contributed by atoms with E-state index in [9.17, 15) is 4.39 Å². The van der Waals surface area contributed by atoms with Gasteiger partial charge in [-0.3, -0.25) is 0 Å². The number of nitrogens with one attached hydrogen (secondary N) is 1. The fraction of sp³-hybridized carbons (Fsp3) is 0.333. The van der Waals surface area contributed by atoms with Gasteiger partial charge < -0.3 is 20.4 Å². The lowest BCUT2D eigenvalue weighted by Gasteiger charge is -2.16. The van der Waals surface area contributed by atoms with Crippen molar-refractivity contribution in [3.63, 3.8) is 0 Å². The Labute approximate surface area is 110 Å². The molecule has 0 amide bonds. The van der Waals surface area contributed by atoms with Crippen LogP contribution in [0.3, 0.4) is 0 Å². The van der Waals surface area contributed by atoms with Crippen molar-refractivity contribution in [2.75, 3.05) is 18.2 Å². The van der Waals surface area contributed by atoms with Crippen LogP contribution in [0.2, 0.25) is 0 Å². The van der Waals surface area contributed by atoms with Crippen LogP contribution >= 0.6 is 0 Å². The van der Waals surface area contributed by atoms with E-state index < -0.39 is 5.82 Å². The van der Waals surface area contributed by atoms with Crippen molar-refractivity contribution in [2.45, 2.75) is 13.0 Å². The quantitative estimate of drug-likeness (QED) is 0.823. The van der Waals surface area contributed by atoms with Gasteiger partial charge in [-0.05, 0) is 6.92 Å². The van der Waals surface area contributed by atoms with Crippen molar-refractivity contribution in [3.05, 3.63) is 30.1 Å². The Kier molecular flexibility index (Phi) is 3.55. The molecule has 0 radical (unpaired) electrons. The van der Waals surface area contributed by atoms with E-state index in [-0.39, 0.29) is 11.7 Å². The second-order valence-electron chi connectivity index (χ2n) is 4.24. The second-order valence-corrected chi connectivity index (χ2v) is 4.24. The van der Waals surface area contributed by atoms with Crippen molar-refractivity contribution in [2.24, 2.45) is 7.05 Å². The van der Waals surface area contributed by atoms with Crippen LogP contribution in [0.1, 0.15) is 18.8 Å². The molecule has 1 unspecified atom stereocenters. The van der Waals surface area contributed by atoms with E-state index in [1.54, 1.807) is 10.9 Å². The average Bonchev–Trinajstić information content (AvgIpc) is 2.79. The lowest BCUT2D eigenvalue weighted by molar-refractivity contribution is 0.416. The SMILES string of the molecule is COc1cc(NC(C)c2nncn2C)c(F)cc1N. The maximum absolute atomic E-state index is 13.8. The molecule has 7 heteroatoms. The summed E-state index contributed by atoms with van der Waals surface area (Å²) in [5.41, 5.74) is 6.20. The number of methoxy groups -OCH3 is 1. The summed E-state index contributed by atoms with van der Waals surface area (Å²) in [6.45, 7) is 1.87. The fourth-order valence-electron chi connectivity index (χ4n) is 1.84. The highest BCUT2D eigenvalue weighted by atomic mass is 19.1. The van der Waals surface area contributed by atoms with Gasteiger partial charge in [-0.1, -0.05) is 0 Å². The van der Waals surface area contributed by atoms with Gasteiger partial charge in [0.2, 0.25) is 0 Å². The number of hydrogen-bond donors (Lipinski definition) is 2. The summed E-state index contributed by atoms with van der Waals surface area (Å²) in [6.07, 6.45) is 1.59. The molecule has 102 valence electrons. The molecule has 0 saturated heterocycles. The van der Waals surface area contributed by atoms with Crippen LogP contribution in [-0.2, 0) is 7.05 Å². The number of aryl methyl sites for hydroxylation is 1. The predicted molar refractivity (Wildman–Crippen MR) is 70.4 cm³/mol. The van der Waals surface area contributed by atoms with E-state index in [0.717, 1.165) is 0 Å². The molecule has 0 aliphatic heterocycles. The molecule has 1 aromatic heterocycles. The molecule has 6 nitrogen and oxygen atoms in total. The van der Waals surface area contributed by atoms with Crippen molar-refractivity contribution in [1.82, 2.24) is 14.8 Å². The summed E-state index contributed by atoms with van der Waals surface area (Å²) in [5, 5.41) is 10.8. The zero-order valence-electron chi connectivity index (χ0n) is 11.0. The Balaban J connectivity index is 2.26. The predicted octanol–water partition coefficient (Wildman–Crippen LogP) is 1.72. The van der Waals surface area contributed by atoms with Crippen LogP contribution in [0.15, 0.2) is 18.5 Å². The minimum Gasteiger partial charge on any atom is -0.495 e. The van der Waals surface area contributed by atoms with E-state index >= 15 is 0 Å². The molecule has 0 bridgehead atoms. The van der Waals surface area contributed by atoms with Crippen LogP contribution in [0, 0.1) is 5.82 Å². The second kappa shape index (κ2) is 5.13. The molecular weight excluding hydrogens is 249 g/mol. The van der Waals surface area contributed by atoms with E-state index in [4.69, 9.17) is 10.5 Å². The number of nitrogens with zero attached hydrogens (tertiary/aromatic N) is 3. The number of aromatic nitrogens is 3. The smallest absolute Gasteiger partial charge is 0.154 e. The highest BCUT2D eigenvalue weighted by molar-refractivity contribution is 5.62. The topological polar surface area (TPSA) is 78.0 Å². The van der Waals surface area contributed by atoms with Crippen LogP contribution in [0.25, 0.3) is 0 Å². The molecule has 1 heterocycles. The number of halogens is 1. The average molecular weight is 265 g/mol. The Morgan fingerprint density at radius 3 is 2.79 bits per heavy atom. The van der Waals surface area contributed by atoms with Gasteiger partial charge in [0, 0.05) is 19.2 Å². The van der Waals surface area contributed by atoms with Crippen molar-refractivity contribution in [1.29, 1.82) is 0 Å². The molecule has 0 aliphatic carbocycles. The first kappa shape index (κ1) is 13.1. The standard InChI is InChI=1S/C12H16FN5O/c1-7(12-17-15-6-18(12)2)16-10-5-11(19-3)9(14)4-8(10)13/h4-7,16H,14H2,1-3H3. The molecule has 19 heavy (non-hydrogen) atoms. The molecule has 0 saturated carbocycles. The van der Waals surface area contributed by atoms with Crippen LogP contribution in [-0.4, -0.2) is 21.9 Å². The monoisotopic (exact) mass is 265 g/mol. The summed E-state index contributed by atoms with van der Waals surface area (Å²) >= 11 is 0. The van der Waals surface area contributed by atoms with Gasteiger partial charge in [0.25, 0.3) is 0 Å². The summed E-state index contributed by atoms with van der Waals surface area (Å²) in [6, 6.07) is 2.55. The van der Waals surface area contributed by atoms with E-state index in [2.05, 4.69) is 15.5 Å². The zero-order valence-corrected chi connectivity index (χ0v) is 11.0. The van der Waals surface area contributed by atoms with Crippen LogP contribution in [0.4, 0.5) is 15.8 Å². The molecular formula is C12H16FN5O. The number of nitrogen functional groups attached to an aromatic ring is 1. The van der Waals surface area contributed by atoms with Crippen molar-refractivity contribution < 1.29 is 9.13 Å². The third-order valence-electron chi connectivity index (χ3n) is 2.83. The van der Waals surface area contributed by atoms with Crippen LogP contribution in [0.5, 0.6) is 5.75 Å². The molecule has 1 atom stereocenters. The molecule has 1 aromatic carbocycles. The first-order chi connectivity index (χ1) is 9.02. The lowest BCUT2D eigenvalue weighted by atomic mass is 10.2. The summed E-state index contributed by atoms with van der Waals surface area (Å²) in [4.78, 5) is 0. The van der Waals surface area contributed by atoms with Crippen molar-refractivity contribution >= 4 is 11.4 Å². The maximum Gasteiger partial charge on any atom is 0.154 e. The van der Waals surface area contributed by atoms with E-state index in [1.165, 1.54) is 19.2 Å². The fourth-order valence-corrected chi connectivity index (χ4v) is 1.84. The first-order valence-corrected chi connectivity index (χ1v) is 5.76. The minimum absolute atomic E-state index is 0.199. The molecule has 3 N–H and O–H groups in total. The lowest BCUT2D eigenvalue weighted by Crippen LogP contribution is -2.13. The van der Waals surface area contributed by atoms with E-state index in [1.807, 2.05) is 14.0 Å².